The number of rotatable bonds is 3. The second kappa shape index (κ2) is 5.72. The zero-order chi connectivity index (χ0) is 17.6. The summed E-state index contributed by atoms with van der Waals surface area (Å²) in [6.07, 6.45) is -0.941. The molecule has 0 spiro atoms. The van der Waals surface area contributed by atoms with Crippen LogP contribution in [-0.2, 0) is 0 Å². The lowest BCUT2D eigenvalue weighted by Crippen LogP contribution is -2.42. The van der Waals surface area contributed by atoms with Crippen molar-refractivity contribution in [3.63, 3.8) is 0 Å². The summed E-state index contributed by atoms with van der Waals surface area (Å²) in [5.41, 5.74) is 8.02. The average molecular weight is 332 g/mol. The van der Waals surface area contributed by atoms with Crippen molar-refractivity contribution in [1.29, 1.82) is 0 Å². The molecule has 1 atom stereocenters. The molecule has 0 bridgehead atoms. The van der Waals surface area contributed by atoms with Gasteiger partial charge in [-0.05, 0) is 23.8 Å². The summed E-state index contributed by atoms with van der Waals surface area (Å²) in [5.74, 6) is -0.827. The molecule has 5 heteroatoms. The van der Waals surface area contributed by atoms with Gasteiger partial charge < -0.3 is 10.8 Å². The normalized spacial score (nSPS) is 14.8. The minimum absolute atomic E-state index is 0.0954. The number of aliphatic hydroxyl groups is 1. The summed E-state index contributed by atoms with van der Waals surface area (Å²) in [6, 6.07) is 17.5. The first-order chi connectivity index (χ1) is 12.1. The van der Waals surface area contributed by atoms with Gasteiger partial charge in [-0.3, -0.25) is 14.5 Å². The van der Waals surface area contributed by atoms with Crippen LogP contribution in [0.3, 0.4) is 0 Å². The van der Waals surface area contributed by atoms with E-state index in [1.54, 1.807) is 54.6 Å². The van der Waals surface area contributed by atoms with Gasteiger partial charge in [0.05, 0.1) is 12.6 Å². The molecule has 2 amide bonds. The molecule has 4 rings (SSSR count). The van der Waals surface area contributed by atoms with E-state index in [0.717, 1.165) is 4.90 Å². The maximum absolute atomic E-state index is 12.8. The third-order valence-electron chi connectivity index (χ3n) is 4.57. The standard InChI is InChI=1S/C20H16N2O3/c21-16-10-9-15-18-13(16)7-4-8-14(18)19(24)22(20(15)25)11-17(23)12-5-2-1-3-6-12/h1-10,17,23H,11,21H2. The third-order valence-corrected chi connectivity index (χ3v) is 4.57. The average Bonchev–Trinajstić information content (AvgIpc) is 2.65. The van der Waals surface area contributed by atoms with Crippen molar-refractivity contribution in [2.45, 2.75) is 6.10 Å². The van der Waals surface area contributed by atoms with E-state index >= 15 is 0 Å². The molecule has 124 valence electrons. The van der Waals surface area contributed by atoms with Crippen LogP contribution in [0.15, 0.2) is 60.7 Å². The number of nitrogens with two attached hydrogens (primary N) is 1. The fourth-order valence-electron chi connectivity index (χ4n) is 3.29. The molecule has 3 N–H and O–H groups in total. The van der Waals surface area contributed by atoms with Gasteiger partial charge in [0.1, 0.15) is 0 Å². The van der Waals surface area contributed by atoms with Gasteiger partial charge in [-0.25, -0.2) is 0 Å². The molecule has 0 saturated carbocycles. The lowest BCUT2D eigenvalue weighted by atomic mass is 9.92. The number of aliphatic hydroxyl groups excluding tert-OH is 1. The topological polar surface area (TPSA) is 83.6 Å². The fourth-order valence-corrected chi connectivity index (χ4v) is 3.29. The van der Waals surface area contributed by atoms with Crippen LogP contribution in [0.4, 0.5) is 5.69 Å². The number of anilines is 1. The Labute approximate surface area is 144 Å². The van der Waals surface area contributed by atoms with Crippen LogP contribution in [-0.4, -0.2) is 28.4 Å². The van der Waals surface area contributed by atoms with E-state index in [9.17, 15) is 14.7 Å². The quantitative estimate of drug-likeness (QED) is 0.570. The smallest absolute Gasteiger partial charge is 0.261 e. The van der Waals surface area contributed by atoms with Gasteiger partial charge in [-0.1, -0.05) is 42.5 Å². The molecule has 1 heterocycles. The first-order valence-corrected chi connectivity index (χ1v) is 7.98. The number of carbonyl (C=O) groups excluding carboxylic acids is 2. The summed E-state index contributed by atoms with van der Waals surface area (Å²) in [6.45, 7) is -0.0954. The van der Waals surface area contributed by atoms with E-state index in [-0.39, 0.29) is 6.54 Å². The first kappa shape index (κ1) is 15.4. The van der Waals surface area contributed by atoms with Crippen molar-refractivity contribution in [2.75, 3.05) is 12.3 Å². The second-order valence-electron chi connectivity index (χ2n) is 6.08. The maximum atomic E-state index is 12.8. The van der Waals surface area contributed by atoms with Crippen LogP contribution < -0.4 is 5.73 Å². The molecule has 1 aliphatic heterocycles. The molecule has 0 fully saturated rings. The Morgan fingerprint density at radius 3 is 2.28 bits per heavy atom. The minimum Gasteiger partial charge on any atom is -0.398 e. The summed E-state index contributed by atoms with van der Waals surface area (Å²) in [5, 5.41) is 11.7. The van der Waals surface area contributed by atoms with E-state index < -0.39 is 17.9 Å². The number of nitrogens with zero attached hydrogens (tertiary/aromatic N) is 1. The number of β-amino-alcohol motifs (C(OH)–C–C–N with tert-alkyl or cyclic N) is 1. The van der Waals surface area contributed by atoms with Crippen molar-refractivity contribution < 1.29 is 14.7 Å². The van der Waals surface area contributed by atoms with Gasteiger partial charge in [0.2, 0.25) is 0 Å². The zero-order valence-electron chi connectivity index (χ0n) is 13.3. The Morgan fingerprint density at radius 2 is 1.56 bits per heavy atom. The first-order valence-electron chi connectivity index (χ1n) is 7.98. The number of amides is 2. The summed E-state index contributed by atoms with van der Waals surface area (Å²) in [7, 11) is 0. The van der Waals surface area contributed by atoms with Crippen molar-refractivity contribution >= 4 is 28.3 Å². The van der Waals surface area contributed by atoms with Gasteiger partial charge in [0.15, 0.2) is 0 Å². The lowest BCUT2D eigenvalue weighted by molar-refractivity contribution is 0.0500. The van der Waals surface area contributed by atoms with Crippen molar-refractivity contribution in [2.24, 2.45) is 0 Å². The van der Waals surface area contributed by atoms with E-state index in [0.29, 0.717) is 33.2 Å². The molecule has 3 aromatic rings. The third kappa shape index (κ3) is 2.37. The molecular weight excluding hydrogens is 316 g/mol. The lowest BCUT2D eigenvalue weighted by Gasteiger charge is -2.29. The van der Waals surface area contributed by atoms with E-state index in [2.05, 4.69) is 0 Å². The summed E-state index contributed by atoms with van der Waals surface area (Å²) < 4.78 is 0. The number of nitrogen functional groups attached to an aromatic ring is 1. The van der Waals surface area contributed by atoms with Crippen LogP contribution in [0.25, 0.3) is 10.8 Å². The Morgan fingerprint density at radius 1 is 0.880 bits per heavy atom. The number of hydrogen-bond acceptors (Lipinski definition) is 4. The zero-order valence-corrected chi connectivity index (χ0v) is 13.3. The number of hydrogen-bond donors (Lipinski definition) is 2. The van der Waals surface area contributed by atoms with Crippen LogP contribution in [0, 0.1) is 0 Å². The van der Waals surface area contributed by atoms with Crippen molar-refractivity contribution in [1.82, 2.24) is 4.90 Å². The molecule has 0 aliphatic carbocycles. The minimum atomic E-state index is -0.941. The van der Waals surface area contributed by atoms with Crippen LogP contribution >= 0.6 is 0 Å². The molecule has 1 aliphatic rings. The van der Waals surface area contributed by atoms with E-state index in [4.69, 9.17) is 5.73 Å². The highest BCUT2D eigenvalue weighted by molar-refractivity contribution is 6.26. The van der Waals surface area contributed by atoms with Crippen molar-refractivity contribution in [3.05, 3.63) is 77.4 Å². The number of carbonyl (C=O) groups is 2. The largest absolute Gasteiger partial charge is 0.398 e. The Bertz CT molecular complexity index is 976. The number of benzene rings is 3. The van der Waals surface area contributed by atoms with E-state index in [1.165, 1.54) is 0 Å². The highest BCUT2D eigenvalue weighted by Gasteiger charge is 2.34. The molecule has 5 nitrogen and oxygen atoms in total. The molecule has 1 unspecified atom stereocenters. The van der Waals surface area contributed by atoms with Gasteiger partial charge in [0, 0.05) is 27.6 Å². The van der Waals surface area contributed by atoms with Crippen LogP contribution in [0.1, 0.15) is 32.4 Å². The van der Waals surface area contributed by atoms with Crippen LogP contribution in [0.5, 0.6) is 0 Å². The molecule has 0 radical (unpaired) electrons. The van der Waals surface area contributed by atoms with Gasteiger partial charge in [-0.15, -0.1) is 0 Å². The molecule has 25 heavy (non-hydrogen) atoms. The molecular formula is C20H16N2O3. The second-order valence-corrected chi connectivity index (χ2v) is 6.08. The Hall–Kier alpha value is -3.18. The molecule has 0 aromatic heterocycles. The summed E-state index contributed by atoms with van der Waals surface area (Å²) in [4.78, 5) is 26.8. The fraction of sp³-hybridized carbons (Fsp3) is 0.100. The SMILES string of the molecule is Nc1ccc2c3c(cccc13)C(=O)N(CC(O)c1ccccc1)C2=O. The Balaban J connectivity index is 1.77. The number of imide groups is 1. The van der Waals surface area contributed by atoms with Gasteiger partial charge in [0.25, 0.3) is 11.8 Å². The monoisotopic (exact) mass is 332 g/mol. The van der Waals surface area contributed by atoms with Gasteiger partial charge >= 0.3 is 0 Å². The van der Waals surface area contributed by atoms with Crippen molar-refractivity contribution in [3.8, 4) is 0 Å². The van der Waals surface area contributed by atoms with E-state index in [1.807, 2.05) is 6.07 Å². The highest BCUT2D eigenvalue weighted by atomic mass is 16.3. The van der Waals surface area contributed by atoms with Crippen LogP contribution in [0.2, 0.25) is 0 Å². The molecule has 0 saturated heterocycles. The summed E-state index contributed by atoms with van der Waals surface area (Å²) >= 11 is 0. The van der Waals surface area contributed by atoms with Gasteiger partial charge in [-0.2, -0.15) is 0 Å². The Kier molecular flexibility index (Phi) is 3.51. The molecule has 3 aromatic carbocycles. The predicted octanol–water partition coefficient (Wildman–Crippen LogP) is 2.75. The highest BCUT2D eigenvalue weighted by Crippen LogP contribution is 2.33. The predicted molar refractivity (Wildman–Crippen MR) is 95.1 cm³/mol. The maximum Gasteiger partial charge on any atom is 0.261 e.